The van der Waals surface area contributed by atoms with Gasteiger partial charge < -0.3 is 14.8 Å². The zero-order valence-corrected chi connectivity index (χ0v) is 11.2. The number of hydrogen-bond acceptors (Lipinski definition) is 3. The van der Waals surface area contributed by atoms with E-state index in [0.29, 0.717) is 23.5 Å². The van der Waals surface area contributed by atoms with E-state index in [2.05, 4.69) is 5.32 Å². The van der Waals surface area contributed by atoms with Crippen LogP contribution in [0.15, 0.2) is 10.5 Å². The minimum absolute atomic E-state index is 0.0985. The van der Waals surface area contributed by atoms with E-state index in [1.54, 1.807) is 33.8 Å². The van der Waals surface area contributed by atoms with Gasteiger partial charge in [0.15, 0.2) is 0 Å². The summed E-state index contributed by atoms with van der Waals surface area (Å²) in [6, 6.07) is 1.65. The average Bonchev–Trinajstić information content (AvgIpc) is 2.64. The Morgan fingerprint density at radius 1 is 1.44 bits per heavy atom. The maximum Gasteiger partial charge on any atom is 0.311 e. The molecule has 2 N–H and O–H groups in total. The van der Waals surface area contributed by atoms with Gasteiger partial charge in [-0.25, -0.2) is 0 Å². The summed E-state index contributed by atoms with van der Waals surface area (Å²) in [6.07, 6.45) is 0.450. The minimum atomic E-state index is -0.942. The lowest BCUT2D eigenvalue weighted by molar-refractivity contribution is -0.147. The number of rotatable bonds is 5. The number of amides is 1. The number of carbonyl (C=O) groups is 2. The van der Waals surface area contributed by atoms with Crippen LogP contribution < -0.4 is 5.32 Å². The average molecular weight is 253 g/mol. The highest BCUT2D eigenvalue weighted by atomic mass is 16.4. The number of carbonyl (C=O) groups excluding carboxylic acids is 1. The third kappa shape index (κ3) is 2.91. The van der Waals surface area contributed by atoms with Gasteiger partial charge in [0.25, 0.3) is 5.91 Å². The predicted octanol–water partition coefficient (Wildman–Crippen LogP) is 2.13. The summed E-state index contributed by atoms with van der Waals surface area (Å²) in [5.74, 6) is -0.0108. The van der Waals surface area contributed by atoms with Crippen molar-refractivity contribution in [1.82, 2.24) is 5.32 Å². The number of carboxylic acid groups (broad SMARTS) is 1. The molecular weight excluding hydrogens is 234 g/mol. The summed E-state index contributed by atoms with van der Waals surface area (Å²) in [4.78, 5) is 23.0. The Morgan fingerprint density at radius 3 is 2.44 bits per heavy atom. The smallest absolute Gasteiger partial charge is 0.311 e. The van der Waals surface area contributed by atoms with E-state index in [-0.39, 0.29) is 12.5 Å². The molecule has 0 aromatic carbocycles. The van der Waals surface area contributed by atoms with E-state index >= 15 is 0 Å². The molecule has 5 nitrogen and oxygen atoms in total. The second-order valence-electron chi connectivity index (χ2n) is 4.73. The number of hydrogen-bond donors (Lipinski definition) is 2. The highest BCUT2D eigenvalue weighted by Crippen LogP contribution is 2.20. The quantitative estimate of drug-likeness (QED) is 0.842. The zero-order chi connectivity index (χ0) is 13.9. The molecule has 0 saturated heterocycles. The van der Waals surface area contributed by atoms with Crippen LogP contribution in [0.2, 0.25) is 0 Å². The van der Waals surface area contributed by atoms with E-state index < -0.39 is 11.4 Å². The second-order valence-corrected chi connectivity index (χ2v) is 4.73. The Bertz CT molecular complexity index is 464. The van der Waals surface area contributed by atoms with Crippen LogP contribution in [0.3, 0.4) is 0 Å². The van der Waals surface area contributed by atoms with Gasteiger partial charge in [-0.05, 0) is 33.3 Å². The van der Waals surface area contributed by atoms with E-state index in [9.17, 15) is 9.59 Å². The summed E-state index contributed by atoms with van der Waals surface area (Å²) in [5, 5.41) is 11.8. The first-order chi connectivity index (χ1) is 8.30. The van der Waals surface area contributed by atoms with Crippen LogP contribution in [-0.4, -0.2) is 23.5 Å². The molecule has 0 radical (unpaired) electrons. The van der Waals surface area contributed by atoms with Crippen molar-refractivity contribution in [3.05, 3.63) is 23.2 Å². The fraction of sp³-hybridized carbons (Fsp3) is 0.538. The van der Waals surface area contributed by atoms with Crippen LogP contribution in [0, 0.1) is 19.3 Å². The van der Waals surface area contributed by atoms with Gasteiger partial charge in [-0.3, -0.25) is 9.59 Å². The van der Waals surface area contributed by atoms with Crippen molar-refractivity contribution in [1.29, 1.82) is 0 Å². The van der Waals surface area contributed by atoms with Gasteiger partial charge in [-0.15, -0.1) is 0 Å². The fourth-order valence-electron chi connectivity index (χ4n) is 1.58. The third-order valence-electron chi connectivity index (χ3n) is 3.22. The molecule has 1 aromatic heterocycles. The second kappa shape index (κ2) is 5.25. The van der Waals surface area contributed by atoms with E-state index in [4.69, 9.17) is 9.52 Å². The molecule has 100 valence electrons. The number of aliphatic carboxylic acids is 1. The number of carboxylic acids is 1. The van der Waals surface area contributed by atoms with Crippen molar-refractivity contribution in [3.8, 4) is 0 Å². The highest BCUT2D eigenvalue weighted by molar-refractivity contribution is 5.95. The lowest BCUT2D eigenvalue weighted by atomic mass is 9.87. The van der Waals surface area contributed by atoms with Crippen molar-refractivity contribution in [2.45, 2.75) is 34.1 Å². The maximum atomic E-state index is 11.9. The molecule has 1 heterocycles. The molecule has 1 rings (SSSR count). The first-order valence-electron chi connectivity index (χ1n) is 5.89. The molecule has 0 spiro atoms. The van der Waals surface area contributed by atoms with Crippen molar-refractivity contribution >= 4 is 11.9 Å². The van der Waals surface area contributed by atoms with E-state index in [0.717, 1.165) is 0 Å². The Labute approximate surface area is 106 Å². The number of aryl methyl sites for hydroxylation is 2. The van der Waals surface area contributed by atoms with Crippen LogP contribution in [0.1, 0.15) is 42.1 Å². The zero-order valence-electron chi connectivity index (χ0n) is 11.2. The Balaban J connectivity index is 2.72. The van der Waals surface area contributed by atoms with Crippen LogP contribution in [0.5, 0.6) is 0 Å². The summed E-state index contributed by atoms with van der Waals surface area (Å²) >= 11 is 0. The largest absolute Gasteiger partial charge is 0.481 e. The van der Waals surface area contributed by atoms with Crippen molar-refractivity contribution in [2.75, 3.05) is 6.54 Å². The van der Waals surface area contributed by atoms with Crippen molar-refractivity contribution < 1.29 is 19.1 Å². The minimum Gasteiger partial charge on any atom is -0.481 e. The van der Waals surface area contributed by atoms with Gasteiger partial charge in [0.05, 0.1) is 11.0 Å². The first kappa shape index (κ1) is 14.3. The van der Waals surface area contributed by atoms with Crippen LogP contribution in [-0.2, 0) is 4.79 Å². The van der Waals surface area contributed by atoms with Gasteiger partial charge >= 0.3 is 5.97 Å². The SMILES string of the molecule is CCC(C)(CNC(=O)c1cc(C)oc1C)C(=O)O. The summed E-state index contributed by atoms with van der Waals surface area (Å²) < 4.78 is 5.26. The molecule has 0 saturated carbocycles. The van der Waals surface area contributed by atoms with E-state index in [1.807, 2.05) is 0 Å². The third-order valence-corrected chi connectivity index (χ3v) is 3.22. The summed E-state index contributed by atoms with van der Waals surface area (Å²) in [6.45, 7) is 6.97. The van der Waals surface area contributed by atoms with Crippen LogP contribution >= 0.6 is 0 Å². The topological polar surface area (TPSA) is 79.5 Å². The number of furan rings is 1. The lowest BCUT2D eigenvalue weighted by Crippen LogP contribution is -2.40. The van der Waals surface area contributed by atoms with Gasteiger partial charge in [0.2, 0.25) is 0 Å². The molecule has 1 unspecified atom stereocenters. The number of nitrogens with one attached hydrogen (secondary N) is 1. The predicted molar refractivity (Wildman–Crippen MR) is 66.5 cm³/mol. The maximum absolute atomic E-state index is 11.9. The molecule has 1 amide bonds. The van der Waals surface area contributed by atoms with Crippen LogP contribution in [0.25, 0.3) is 0 Å². The molecule has 5 heteroatoms. The Morgan fingerprint density at radius 2 is 2.06 bits per heavy atom. The summed E-state index contributed by atoms with van der Waals surface area (Å²) in [7, 11) is 0. The Kier molecular flexibility index (Phi) is 4.16. The van der Waals surface area contributed by atoms with Gasteiger partial charge in [-0.1, -0.05) is 6.92 Å². The molecule has 18 heavy (non-hydrogen) atoms. The van der Waals surface area contributed by atoms with E-state index in [1.165, 1.54) is 0 Å². The molecule has 1 aromatic rings. The molecule has 0 bridgehead atoms. The summed E-state index contributed by atoms with van der Waals surface area (Å²) in [5.41, 5.74) is -0.487. The first-order valence-corrected chi connectivity index (χ1v) is 5.89. The van der Waals surface area contributed by atoms with Gasteiger partial charge in [0.1, 0.15) is 11.5 Å². The monoisotopic (exact) mass is 253 g/mol. The lowest BCUT2D eigenvalue weighted by Gasteiger charge is -2.23. The fourth-order valence-corrected chi connectivity index (χ4v) is 1.58. The van der Waals surface area contributed by atoms with Gasteiger partial charge in [0, 0.05) is 6.54 Å². The molecule has 1 atom stereocenters. The van der Waals surface area contributed by atoms with Crippen molar-refractivity contribution in [2.24, 2.45) is 5.41 Å². The molecule has 0 aliphatic rings. The molecule has 0 aliphatic heterocycles. The standard InChI is InChI=1S/C13H19NO4/c1-5-13(4,12(16)17)7-14-11(15)10-6-8(2)18-9(10)3/h6H,5,7H2,1-4H3,(H,14,15)(H,16,17). The Hall–Kier alpha value is -1.78. The highest BCUT2D eigenvalue weighted by Gasteiger charge is 2.31. The van der Waals surface area contributed by atoms with Crippen molar-refractivity contribution in [3.63, 3.8) is 0 Å². The molecule has 0 fully saturated rings. The van der Waals surface area contributed by atoms with Crippen LogP contribution in [0.4, 0.5) is 0 Å². The normalized spacial score (nSPS) is 14.0. The molecule has 0 aliphatic carbocycles. The van der Waals surface area contributed by atoms with Gasteiger partial charge in [-0.2, -0.15) is 0 Å². The molecular formula is C13H19NO4.